The average Bonchev–Trinajstić information content (AvgIpc) is 2.73. The summed E-state index contributed by atoms with van der Waals surface area (Å²) in [6.45, 7) is 3.62. The fraction of sp³-hybridized carbons (Fsp3) is 0.333. The molecule has 2 N–H and O–H groups in total. The van der Waals surface area contributed by atoms with Crippen molar-refractivity contribution in [2.45, 2.75) is 26.5 Å². The van der Waals surface area contributed by atoms with Gasteiger partial charge >= 0.3 is 0 Å². The summed E-state index contributed by atoms with van der Waals surface area (Å²) in [5.74, 6) is 1.09. The van der Waals surface area contributed by atoms with Crippen LogP contribution in [-0.2, 0) is 6.61 Å². The second-order valence-electron chi connectivity index (χ2n) is 3.99. The standard InChI is InChI=1S/C12H14FN3O2/c1-7(14)10-5-9(13)3-4-11(10)17-6-12-15-8(2)18-16-12/h3-5,7H,6,14H2,1-2H3. The van der Waals surface area contributed by atoms with Crippen LogP contribution in [0.25, 0.3) is 0 Å². The maximum atomic E-state index is 13.1. The smallest absolute Gasteiger partial charge is 0.223 e. The van der Waals surface area contributed by atoms with Gasteiger partial charge in [-0.25, -0.2) is 4.39 Å². The molecule has 1 aromatic carbocycles. The van der Waals surface area contributed by atoms with Crippen LogP contribution in [0.4, 0.5) is 4.39 Å². The highest BCUT2D eigenvalue weighted by Gasteiger charge is 2.11. The molecule has 0 fully saturated rings. The Bertz CT molecular complexity index is 540. The lowest BCUT2D eigenvalue weighted by Crippen LogP contribution is -2.09. The van der Waals surface area contributed by atoms with Crippen molar-refractivity contribution in [3.8, 4) is 5.75 Å². The van der Waals surface area contributed by atoms with E-state index in [4.69, 9.17) is 15.0 Å². The number of hydrogen-bond donors (Lipinski definition) is 1. The van der Waals surface area contributed by atoms with E-state index in [-0.39, 0.29) is 18.5 Å². The minimum absolute atomic E-state index is 0.155. The van der Waals surface area contributed by atoms with Gasteiger partial charge in [0.15, 0.2) is 6.61 Å². The van der Waals surface area contributed by atoms with Crippen LogP contribution in [-0.4, -0.2) is 10.1 Å². The molecule has 5 nitrogen and oxygen atoms in total. The van der Waals surface area contributed by atoms with E-state index in [2.05, 4.69) is 10.1 Å². The summed E-state index contributed by atoms with van der Waals surface area (Å²) in [5.41, 5.74) is 6.37. The van der Waals surface area contributed by atoms with Crippen molar-refractivity contribution in [2.75, 3.05) is 0 Å². The van der Waals surface area contributed by atoms with Crippen LogP contribution in [0.15, 0.2) is 22.7 Å². The van der Waals surface area contributed by atoms with Crippen LogP contribution >= 0.6 is 0 Å². The molecule has 0 amide bonds. The number of benzene rings is 1. The molecule has 1 atom stereocenters. The van der Waals surface area contributed by atoms with E-state index >= 15 is 0 Å². The van der Waals surface area contributed by atoms with Crippen molar-refractivity contribution in [3.63, 3.8) is 0 Å². The number of halogens is 1. The summed E-state index contributed by atoms with van der Waals surface area (Å²) in [6.07, 6.45) is 0. The molecule has 2 rings (SSSR count). The summed E-state index contributed by atoms with van der Waals surface area (Å²) in [4.78, 5) is 4.01. The number of ether oxygens (including phenoxy) is 1. The first-order valence-corrected chi connectivity index (χ1v) is 5.53. The molecule has 0 saturated carbocycles. The first kappa shape index (κ1) is 12.5. The largest absolute Gasteiger partial charge is 0.485 e. The zero-order valence-corrected chi connectivity index (χ0v) is 10.2. The molecular weight excluding hydrogens is 237 g/mol. The molecule has 96 valence electrons. The van der Waals surface area contributed by atoms with Gasteiger partial charge < -0.3 is 15.0 Å². The monoisotopic (exact) mass is 251 g/mol. The summed E-state index contributed by atoms with van der Waals surface area (Å²) >= 11 is 0. The summed E-state index contributed by atoms with van der Waals surface area (Å²) in [5, 5.41) is 3.71. The average molecular weight is 251 g/mol. The number of rotatable bonds is 4. The van der Waals surface area contributed by atoms with E-state index < -0.39 is 0 Å². The molecule has 6 heteroatoms. The van der Waals surface area contributed by atoms with E-state index in [9.17, 15) is 4.39 Å². The van der Waals surface area contributed by atoms with E-state index in [0.717, 1.165) is 0 Å². The number of aromatic nitrogens is 2. The van der Waals surface area contributed by atoms with Gasteiger partial charge in [-0.15, -0.1) is 0 Å². The van der Waals surface area contributed by atoms with E-state index in [1.54, 1.807) is 19.9 Å². The van der Waals surface area contributed by atoms with Gasteiger partial charge in [0, 0.05) is 18.5 Å². The minimum atomic E-state index is -0.343. The molecule has 2 aromatic rings. The Morgan fingerprint density at radius 1 is 1.50 bits per heavy atom. The molecule has 0 spiro atoms. The number of nitrogens with two attached hydrogens (primary N) is 1. The fourth-order valence-corrected chi connectivity index (χ4v) is 1.55. The predicted octanol–water partition coefficient (Wildman–Crippen LogP) is 2.12. The van der Waals surface area contributed by atoms with Gasteiger partial charge in [-0.3, -0.25) is 0 Å². The number of aryl methyl sites for hydroxylation is 1. The number of nitrogens with zero attached hydrogens (tertiary/aromatic N) is 2. The normalized spacial score (nSPS) is 12.4. The Hall–Kier alpha value is -1.95. The van der Waals surface area contributed by atoms with E-state index in [0.29, 0.717) is 23.0 Å². The second kappa shape index (κ2) is 5.14. The third-order valence-electron chi connectivity index (χ3n) is 2.39. The molecule has 1 heterocycles. The van der Waals surface area contributed by atoms with Gasteiger partial charge in [-0.05, 0) is 25.1 Å². The van der Waals surface area contributed by atoms with Crippen LogP contribution in [0.2, 0.25) is 0 Å². The van der Waals surface area contributed by atoms with E-state index in [1.165, 1.54) is 12.1 Å². The molecular formula is C12H14FN3O2. The lowest BCUT2D eigenvalue weighted by Gasteiger charge is -2.12. The first-order chi connectivity index (χ1) is 8.56. The third-order valence-corrected chi connectivity index (χ3v) is 2.39. The Morgan fingerprint density at radius 2 is 2.28 bits per heavy atom. The number of hydrogen-bond acceptors (Lipinski definition) is 5. The van der Waals surface area contributed by atoms with Gasteiger partial charge in [0.25, 0.3) is 0 Å². The van der Waals surface area contributed by atoms with Crippen LogP contribution in [0.1, 0.15) is 30.2 Å². The molecule has 0 bridgehead atoms. The van der Waals surface area contributed by atoms with Crippen molar-refractivity contribution < 1.29 is 13.7 Å². The third kappa shape index (κ3) is 2.84. The zero-order chi connectivity index (χ0) is 13.1. The molecule has 0 radical (unpaired) electrons. The van der Waals surface area contributed by atoms with Crippen LogP contribution < -0.4 is 10.5 Å². The molecule has 18 heavy (non-hydrogen) atoms. The fourth-order valence-electron chi connectivity index (χ4n) is 1.55. The van der Waals surface area contributed by atoms with Gasteiger partial charge in [0.1, 0.15) is 11.6 Å². The summed E-state index contributed by atoms with van der Waals surface area (Å²) in [7, 11) is 0. The maximum absolute atomic E-state index is 13.1. The Labute approximate surface area is 104 Å². The van der Waals surface area contributed by atoms with Gasteiger partial charge in [0.2, 0.25) is 11.7 Å². The van der Waals surface area contributed by atoms with Crippen LogP contribution in [0.3, 0.4) is 0 Å². The van der Waals surface area contributed by atoms with Crippen molar-refractivity contribution in [1.29, 1.82) is 0 Å². The van der Waals surface area contributed by atoms with Crippen LogP contribution in [0, 0.1) is 12.7 Å². The molecule has 0 saturated heterocycles. The Kier molecular flexibility index (Phi) is 3.57. The van der Waals surface area contributed by atoms with Gasteiger partial charge in [-0.2, -0.15) is 4.98 Å². The molecule has 1 unspecified atom stereocenters. The maximum Gasteiger partial charge on any atom is 0.223 e. The SMILES string of the molecule is Cc1nc(COc2ccc(F)cc2C(C)N)no1. The van der Waals surface area contributed by atoms with Gasteiger partial charge in [-0.1, -0.05) is 5.16 Å². The van der Waals surface area contributed by atoms with Gasteiger partial charge in [0.05, 0.1) is 0 Å². The van der Waals surface area contributed by atoms with E-state index in [1.807, 2.05) is 0 Å². The molecule has 0 aliphatic heterocycles. The Morgan fingerprint density at radius 3 is 2.89 bits per heavy atom. The molecule has 0 aliphatic rings. The lowest BCUT2D eigenvalue weighted by molar-refractivity contribution is 0.281. The van der Waals surface area contributed by atoms with Crippen molar-refractivity contribution in [3.05, 3.63) is 41.3 Å². The Balaban J connectivity index is 2.13. The van der Waals surface area contributed by atoms with Crippen molar-refractivity contribution in [2.24, 2.45) is 5.73 Å². The van der Waals surface area contributed by atoms with Crippen molar-refractivity contribution in [1.82, 2.24) is 10.1 Å². The molecule has 1 aromatic heterocycles. The minimum Gasteiger partial charge on any atom is -0.485 e. The zero-order valence-electron chi connectivity index (χ0n) is 10.2. The molecule has 0 aliphatic carbocycles. The first-order valence-electron chi connectivity index (χ1n) is 5.53. The second-order valence-corrected chi connectivity index (χ2v) is 3.99. The highest BCUT2D eigenvalue weighted by molar-refractivity contribution is 5.36. The lowest BCUT2D eigenvalue weighted by atomic mass is 10.1. The van der Waals surface area contributed by atoms with Crippen molar-refractivity contribution >= 4 is 0 Å². The topological polar surface area (TPSA) is 74.2 Å². The quantitative estimate of drug-likeness (QED) is 0.900. The summed E-state index contributed by atoms with van der Waals surface area (Å²) < 4.78 is 23.5. The summed E-state index contributed by atoms with van der Waals surface area (Å²) in [6, 6.07) is 3.91. The predicted molar refractivity (Wildman–Crippen MR) is 62.4 cm³/mol. The van der Waals surface area contributed by atoms with Crippen LogP contribution in [0.5, 0.6) is 5.75 Å². The highest BCUT2D eigenvalue weighted by Crippen LogP contribution is 2.25. The highest BCUT2D eigenvalue weighted by atomic mass is 19.1.